The summed E-state index contributed by atoms with van der Waals surface area (Å²) < 4.78 is 0. The molecule has 12 heavy (non-hydrogen) atoms. The zero-order chi connectivity index (χ0) is 9.56. The molecule has 1 aliphatic rings. The SMILES string of the molecule is CC.CC(C)C1CCCCN1C. The van der Waals surface area contributed by atoms with Gasteiger partial charge in [0.1, 0.15) is 0 Å². The van der Waals surface area contributed by atoms with Crippen molar-refractivity contribution >= 4 is 0 Å². The molecule has 1 fully saturated rings. The molecular formula is C11H25N. The third-order valence-electron chi connectivity index (χ3n) is 2.60. The van der Waals surface area contributed by atoms with Crippen LogP contribution in [0, 0.1) is 5.92 Å². The molecule has 1 heteroatoms. The molecule has 0 radical (unpaired) electrons. The van der Waals surface area contributed by atoms with Crippen LogP contribution in [0.1, 0.15) is 47.0 Å². The predicted octanol–water partition coefficient (Wildman–Crippen LogP) is 3.15. The third-order valence-corrected chi connectivity index (χ3v) is 2.60. The van der Waals surface area contributed by atoms with Gasteiger partial charge in [-0.25, -0.2) is 0 Å². The van der Waals surface area contributed by atoms with Gasteiger partial charge < -0.3 is 4.90 Å². The van der Waals surface area contributed by atoms with E-state index >= 15 is 0 Å². The molecule has 0 aromatic rings. The molecule has 0 amide bonds. The van der Waals surface area contributed by atoms with E-state index in [4.69, 9.17) is 0 Å². The van der Waals surface area contributed by atoms with Gasteiger partial charge in [-0.1, -0.05) is 34.1 Å². The summed E-state index contributed by atoms with van der Waals surface area (Å²) in [5, 5.41) is 0. The number of piperidine rings is 1. The number of hydrogen-bond donors (Lipinski definition) is 0. The fraction of sp³-hybridized carbons (Fsp3) is 1.00. The Hall–Kier alpha value is -0.0400. The van der Waals surface area contributed by atoms with E-state index in [0.29, 0.717) is 0 Å². The Balaban J connectivity index is 0.000000561. The Kier molecular flexibility index (Phi) is 6.45. The highest BCUT2D eigenvalue weighted by molar-refractivity contribution is 4.76. The van der Waals surface area contributed by atoms with Gasteiger partial charge in [-0.05, 0) is 32.4 Å². The first kappa shape index (κ1) is 12.0. The summed E-state index contributed by atoms with van der Waals surface area (Å²) >= 11 is 0. The lowest BCUT2D eigenvalue weighted by Gasteiger charge is -2.35. The van der Waals surface area contributed by atoms with Gasteiger partial charge in [0.15, 0.2) is 0 Å². The first-order valence-electron chi connectivity index (χ1n) is 5.42. The molecule has 0 spiro atoms. The first-order chi connectivity index (χ1) is 5.72. The molecule has 1 aliphatic heterocycles. The maximum absolute atomic E-state index is 2.51. The first-order valence-corrected chi connectivity index (χ1v) is 5.42. The van der Waals surface area contributed by atoms with Crippen molar-refractivity contribution < 1.29 is 0 Å². The second-order valence-electron chi connectivity index (χ2n) is 3.79. The maximum Gasteiger partial charge on any atom is 0.0115 e. The number of nitrogens with zero attached hydrogens (tertiary/aromatic N) is 1. The van der Waals surface area contributed by atoms with E-state index in [1.165, 1.54) is 25.8 Å². The van der Waals surface area contributed by atoms with Gasteiger partial charge in [0.25, 0.3) is 0 Å². The average Bonchev–Trinajstić information content (AvgIpc) is 2.08. The molecule has 1 rings (SSSR count). The van der Waals surface area contributed by atoms with Crippen molar-refractivity contribution in [3.05, 3.63) is 0 Å². The Bertz CT molecular complexity index is 99.2. The molecule has 0 bridgehead atoms. The lowest BCUT2D eigenvalue weighted by molar-refractivity contribution is 0.144. The van der Waals surface area contributed by atoms with E-state index in [1.54, 1.807) is 0 Å². The fourth-order valence-corrected chi connectivity index (χ4v) is 1.94. The van der Waals surface area contributed by atoms with Gasteiger partial charge in [0.05, 0.1) is 0 Å². The molecule has 0 aromatic heterocycles. The van der Waals surface area contributed by atoms with Gasteiger partial charge in [-0.3, -0.25) is 0 Å². The van der Waals surface area contributed by atoms with E-state index < -0.39 is 0 Å². The number of hydrogen-bond acceptors (Lipinski definition) is 1. The predicted molar refractivity (Wildman–Crippen MR) is 56.5 cm³/mol. The van der Waals surface area contributed by atoms with Crippen LogP contribution in [0.2, 0.25) is 0 Å². The van der Waals surface area contributed by atoms with Gasteiger partial charge in [-0.2, -0.15) is 0 Å². The highest BCUT2D eigenvalue weighted by Crippen LogP contribution is 2.20. The van der Waals surface area contributed by atoms with Crippen LogP contribution in [0.3, 0.4) is 0 Å². The molecule has 74 valence electrons. The molecule has 1 unspecified atom stereocenters. The molecule has 1 atom stereocenters. The maximum atomic E-state index is 2.51. The smallest absolute Gasteiger partial charge is 0.0115 e. The lowest BCUT2D eigenvalue weighted by Crippen LogP contribution is -2.39. The third kappa shape index (κ3) is 3.57. The van der Waals surface area contributed by atoms with Gasteiger partial charge >= 0.3 is 0 Å². The van der Waals surface area contributed by atoms with Crippen LogP contribution in [-0.2, 0) is 0 Å². The van der Waals surface area contributed by atoms with Gasteiger partial charge in [0, 0.05) is 6.04 Å². The highest BCUT2D eigenvalue weighted by atomic mass is 15.1. The quantitative estimate of drug-likeness (QED) is 0.586. The number of likely N-dealkylation sites (tertiary alicyclic amines) is 1. The summed E-state index contributed by atoms with van der Waals surface area (Å²) in [6, 6.07) is 0.855. The Morgan fingerprint density at radius 3 is 2.08 bits per heavy atom. The van der Waals surface area contributed by atoms with E-state index in [1.807, 2.05) is 13.8 Å². The van der Waals surface area contributed by atoms with Crippen molar-refractivity contribution in [3.8, 4) is 0 Å². The number of rotatable bonds is 1. The monoisotopic (exact) mass is 171 g/mol. The molecule has 1 saturated heterocycles. The second-order valence-corrected chi connectivity index (χ2v) is 3.79. The standard InChI is InChI=1S/C9H19N.C2H6/c1-8(2)9-6-4-5-7-10(9)3;1-2/h8-9H,4-7H2,1-3H3;1-2H3. The summed E-state index contributed by atoms with van der Waals surface area (Å²) in [6.45, 7) is 9.96. The average molecular weight is 171 g/mol. The summed E-state index contributed by atoms with van der Waals surface area (Å²) in [5.41, 5.74) is 0. The van der Waals surface area contributed by atoms with Crippen molar-refractivity contribution in [1.29, 1.82) is 0 Å². The van der Waals surface area contributed by atoms with E-state index in [2.05, 4.69) is 25.8 Å². The molecule has 1 nitrogen and oxygen atoms in total. The minimum absolute atomic E-state index is 0.838. The van der Waals surface area contributed by atoms with Crippen LogP contribution >= 0.6 is 0 Å². The van der Waals surface area contributed by atoms with Crippen LogP contribution in [0.25, 0.3) is 0 Å². The summed E-state index contributed by atoms with van der Waals surface area (Å²) in [5.74, 6) is 0.838. The lowest BCUT2D eigenvalue weighted by atomic mass is 9.93. The Morgan fingerprint density at radius 2 is 1.75 bits per heavy atom. The highest BCUT2D eigenvalue weighted by Gasteiger charge is 2.20. The fourth-order valence-electron chi connectivity index (χ4n) is 1.94. The molecular weight excluding hydrogens is 146 g/mol. The van der Waals surface area contributed by atoms with Crippen molar-refractivity contribution in [2.45, 2.75) is 53.0 Å². The van der Waals surface area contributed by atoms with Crippen LogP contribution in [0.5, 0.6) is 0 Å². The summed E-state index contributed by atoms with van der Waals surface area (Å²) in [7, 11) is 2.25. The zero-order valence-corrected chi connectivity index (χ0v) is 9.43. The minimum atomic E-state index is 0.838. The van der Waals surface area contributed by atoms with E-state index in [9.17, 15) is 0 Å². The van der Waals surface area contributed by atoms with Crippen LogP contribution in [0.4, 0.5) is 0 Å². The van der Waals surface area contributed by atoms with E-state index in [-0.39, 0.29) is 0 Å². The van der Waals surface area contributed by atoms with Crippen LogP contribution in [0.15, 0.2) is 0 Å². The van der Waals surface area contributed by atoms with Crippen molar-refractivity contribution in [1.82, 2.24) is 4.90 Å². The molecule has 0 aliphatic carbocycles. The van der Waals surface area contributed by atoms with Gasteiger partial charge in [0.2, 0.25) is 0 Å². The summed E-state index contributed by atoms with van der Waals surface area (Å²) in [4.78, 5) is 2.51. The molecule has 0 N–H and O–H groups in total. The minimum Gasteiger partial charge on any atom is -0.303 e. The van der Waals surface area contributed by atoms with Crippen molar-refractivity contribution in [3.63, 3.8) is 0 Å². The normalized spacial score (nSPS) is 25.0. The van der Waals surface area contributed by atoms with Crippen LogP contribution < -0.4 is 0 Å². The van der Waals surface area contributed by atoms with E-state index in [0.717, 1.165) is 12.0 Å². The van der Waals surface area contributed by atoms with Gasteiger partial charge in [-0.15, -0.1) is 0 Å². The Labute approximate surface area is 78.1 Å². The molecule has 0 aromatic carbocycles. The Morgan fingerprint density at radius 1 is 1.17 bits per heavy atom. The molecule has 1 heterocycles. The topological polar surface area (TPSA) is 3.24 Å². The largest absolute Gasteiger partial charge is 0.303 e. The summed E-state index contributed by atoms with van der Waals surface area (Å²) in [6.07, 6.45) is 4.25. The second kappa shape index (κ2) is 6.47. The van der Waals surface area contributed by atoms with Crippen molar-refractivity contribution in [2.75, 3.05) is 13.6 Å². The van der Waals surface area contributed by atoms with Crippen molar-refractivity contribution in [2.24, 2.45) is 5.92 Å². The molecule has 0 saturated carbocycles. The zero-order valence-electron chi connectivity index (χ0n) is 9.43. The van der Waals surface area contributed by atoms with Crippen LogP contribution in [-0.4, -0.2) is 24.5 Å².